The lowest BCUT2D eigenvalue weighted by Crippen LogP contribution is -1.84. The van der Waals surface area contributed by atoms with Crippen molar-refractivity contribution in [1.82, 2.24) is 0 Å². The molecule has 0 aliphatic heterocycles. The first-order valence-corrected chi connectivity index (χ1v) is 2.49. The molecular weight excluding hydrogens is 156 g/mol. The van der Waals surface area contributed by atoms with E-state index in [1.165, 1.54) is 6.26 Å². The number of carbonyl (C=O) groups is 1. The highest BCUT2D eigenvalue weighted by Gasteiger charge is 1.88. The van der Waals surface area contributed by atoms with E-state index in [4.69, 9.17) is 15.0 Å². The van der Waals surface area contributed by atoms with Crippen LogP contribution in [0.2, 0.25) is 0 Å². The van der Waals surface area contributed by atoms with Crippen LogP contribution in [0.1, 0.15) is 5.76 Å². The molecule has 0 amide bonds. The van der Waals surface area contributed by atoms with E-state index in [-0.39, 0.29) is 0 Å². The van der Waals surface area contributed by atoms with Crippen LogP contribution in [0.5, 0.6) is 0 Å². The molecule has 0 spiro atoms. The van der Waals surface area contributed by atoms with Crippen LogP contribution in [0.25, 0.3) is 0 Å². The second kappa shape index (κ2) is 4.15. The minimum Gasteiger partial charge on any atom is -0.450 e. The zero-order chi connectivity index (χ0) is 8.85. The molecule has 0 aliphatic rings. The van der Waals surface area contributed by atoms with Crippen molar-refractivity contribution in [1.29, 1.82) is 0 Å². The highest BCUT2D eigenvalue weighted by molar-refractivity contribution is 5.53. The summed E-state index contributed by atoms with van der Waals surface area (Å²) in [6, 6.07) is 0. The lowest BCUT2D eigenvalue weighted by atomic mass is 10.6. The van der Waals surface area contributed by atoms with Crippen LogP contribution in [0.4, 0.5) is 4.79 Å². The van der Waals surface area contributed by atoms with E-state index in [0.29, 0.717) is 5.76 Å². The van der Waals surface area contributed by atoms with E-state index in [1.54, 1.807) is 6.92 Å². The largest absolute Gasteiger partial charge is 0.518 e. The van der Waals surface area contributed by atoms with Gasteiger partial charge in [0.05, 0.1) is 0 Å². The normalized spacial score (nSPS) is 8.09. The molecule has 1 rings (SSSR count). The van der Waals surface area contributed by atoms with Crippen molar-refractivity contribution in [2.24, 2.45) is 0 Å². The number of carboxylic acid groups (broad SMARTS) is 2. The van der Waals surface area contributed by atoms with E-state index in [2.05, 4.69) is 8.83 Å². The first-order chi connectivity index (χ1) is 5.02. The van der Waals surface area contributed by atoms with Gasteiger partial charge in [-0.2, -0.15) is 0 Å². The quantitative estimate of drug-likeness (QED) is 0.584. The van der Waals surface area contributed by atoms with Crippen LogP contribution >= 0.6 is 0 Å². The van der Waals surface area contributed by atoms with Crippen LogP contribution in [-0.2, 0) is 0 Å². The topological polar surface area (TPSA) is 101 Å². The van der Waals surface area contributed by atoms with Crippen LogP contribution in [0.15, 0.2) is 19.9 Å². The number of hydrogen-bond donors (Lipinski definition) is 2. The second-order valence-corrected chi connectivity index (χ2v) is 1.48. The molecule has 0 bridgehead atoms. The third-order valence-corrected chi connectivity index (χ3v) is 0.565. The highest BCUT2D eigenvalue weighted by Crippen LogP contribution is 1.87. The zero-order valence-electron chi connectivity index (χ0n) is 5.60. The van der Waals surface area contributed by atoms with Gasteiger partial charge in [0.25, 0.3) is 0 Å². The molecular formula is C5H6O6. The Labute approximate surface area is 60.7 Å². The Morgan fingerprint density at radius 3 is 2.09 bits per heavy atom. The van der Waals surface area contributed by atoms with Gasteiger partial charge in [-0.1, -0.05) is 0 Å². The summed E-state index contributed by atoms with van der Waals surface area (Å²) in [4.78, 5) is 18.5. The van der Waals surface area contributed by atoms with Gasteiger partial charge in [-0.3, -0.25) is 0 Å². The highest BCUT2D eigenvalue weighted by atomic mass is 16.6. The number of rotatable bonds is 0. The SMILES string of the molecule is Cc1coc(=O)o1.O=C(O)O. The van der Waals surface area contributed by atoms with Gasteiger partial charge < -0.3 is 19.0 Å². The van der Waals surface area contributed by atoms with Crippen molar-refractivity contribution < 1.29 is 23.8 Å². The summed E-state index contributed by atoms with van der Waals surface area (Å²) in [5.41, 5.74) is 0. The van der Waals surface area contributed by atoms with Gasteiger partial charge in [-0.15, -0.1) is 0 Å². The van der Waals surface area contributed by atoms with Crippen molar-refractivity contribution in [3.8, 4) is 0 Å². The van der Waals surface area contributed by atoms with Gasteiger partial charge in [-0.05, 0) is 6.92 Å². The predicted molar refractivity (Wildman–Crippen MR) is 32.6 cm³/mol. The fourth-order valence-corrected chi connectivity index (χ4v) is 0.311. The maximum atomic E-state index is 9.96. The summed E-state index contributed by atoms with van der Waals surface area (Å²) >= 11 is 0. The minimum absolute atomic E-state index is 0.505. The molecule has 62 valence electrons. The monoisotopic (exact) mass is 162 g/mol. The van der Waals surface area contributed by atoms with Crippen LogP contribution in [0.3, 0.4) is 0 Å². The molecule has 0 radical (unpaired) electrons. The van der Waals surface area contributed by atoms with Crippen LogP contribution in [-0.4, -0.2) is 16.4 Å². The van der Waals surface area contributed by atoms with Crippen molar-refractivity contribution in [3.63, 3.8) is 0 Å². The average molecular weight is 162 g/mol. The lowest BCUT2D eigenvalue weighted by molar-refractivity contribution is 0.137. The predicted octanol–water partition coefficient (Wildman–Crippen LogP) is 0.764. The molecule has 1 heterocycles. The Kier molecular flexibility index (Phi) is 3.50. The van der Waals surface area contributed by atoms with E-state index < -0.39 is 12.0 Å². The molecule has 6 heteroatoms. The molecule has 1 aromatic rings. The average Bonchev–Trinajstić information content (AvgIpc) is 2.13. The summed E-state index contributed by atoms with van der Waals surface area (Å²) < 4.78 is 8.60. The molecule has 0 atom stereocenters. The Morgan fingerprint density at radius 1 is 1.55 bits per heavy atom. The van der Waals surface area contributed by atoms with Crippen molar-refractivity contribution in [2.45, 2.75) is 6.92 Å². The number of hydrogen-bond acceptors (Lipinski definition) is 4. The third-order valence-electron chi connectivity index (χ3n) is 0.565. The van der Waals surface area contributed by atoms with Crippen LogP contribution in [0, 0.1) is 6.92 Å². The second-order valence-electron chi connectivity index (χ2n) is 1.48. The summed E-state index contributed by atoms with van der Waals surface area (Å²) in [5.74, 6) is -0.137. The van der Waals surface area contributed by atoms with Gasteiger partial charge in [0, 0.05) is 0 Å². The number of aryl methyl sites for hydroxylation is 1. The smallest absolute Gasteiger partial charge is 0.450 e. The molecule has 0 aliphatic carbocycles. The maximum Gasteiger partial charge on any atom is 0.518 e. The summed E-state index contributed by atoms with van der Waals surface area (Å²) in [7, 11) is 0. The zero-order valence-corrected chi connectivity index (χ0v) is 5.60. The maximum absolute atomic E-state index is 9.96. The molecule has 0 aromatic carbocycles. The first-order valence-electron chi connectivity index (χ1n) is 2.49. The summed E-state index contributed by atoms with van der Waals surface area (Å²) in [5, 5.41) is 13.9. The Bertz CT molecular complexity index is 265. The molecule has 6 nitrogen and oxygen atoms in total. The molecule has 1 aromatic heterocycles. The fraction of sp³-hybridized carbons (Fsp3) is 0.200. The minimum atomic E-state index is -1.83. The van der Waals surface area contributed by atoms with E-state index >= 15 is 0 Å². The van der Waals surface area contributed by atoms with Gasteiger partial charge in [0.2, 0.25) is 0 Å². The van der Waals surface area contributed by atoms with Gasteiger partial charge in [0.1, 0.15) is 12.0 Å². The van der Waals surface area contributed by atoms with E-state index in [0.717, 1.165) is 0 Å². The molecule has 2 N–H and O–H groups in total. The third kappa shape index (κ3) is 6.16. The van der Waals surface area contributed by atoms with Crippen molar-refractivity contribution >= 4 is 6.16 Å². The van der Waals surface area contributed by atoms with E-state index in [1.807, 2.05) is 0 Å². The molecule has 0 unspecified atom stereocenters. The molecule has 11 heavy (non-hydrogen) atoms. The first kappa shape index (κ1) is 9.28. The van der Waals surface area contributed by atoms with E-state index in [9.17, 15) is 4.79 Å². The standard InChI is InChI=1S/C4H4O3.CH2O3/c1-3-2-6-4(5)7-3;2-1(3)4/h2H,1H3;(H2,2,3,4). The Morgan fingerprint density at radius 2 is 2.00 bits per heavy atom. The van der Waals surface area contributed by atoms with Gasteiger partial charge in [0.15, 0.2) is 0 Å². The van der Waals surface area contributed by atoms with Gasteiger partial charge >= 0.3 is 12.0 Å². The lowest BCUT2D eigenvalue weighted by Gasteiger charge is -1.63. The van der Waals surface area contributed by atoms with Crippen molar-refractivity contribution in [2.75, 3.05) is 0 Å². The van der Waals surface area contributed by atoms with Gasteiger partial charge in [-0.25, -0.2) is 9.59 Å². The van der Waals surface area contributed by atoms with Crippen molar-refractivity contribution in [3.05, 3.63) is 22.6 Å². The summed E-state index contributed by atoms with van der Waals surface area (Å²) in [6.07, 6.45) is -0.567. The van der Waals surface area contributed by atoms with Crippen LogP contribution < -0.4 is 5.82 Å². The Hall–Kier alpha value is -1.72. The summed E-state index contributed by atoms with van der Waals surface area (Å²) in [6.45, 7) is 1.64. The fourth-order valence-electron chi connectivity index (χ4n) is 0.311. The molecule has 0 saturated heterocycles. The Balaban J connectivity index is 0.000000218. The molecule has 0 saturated carbocycles. The molecule has 0 fully saturated rings.